The molecule has 9 aromatic carbocycles. The van der Waals surface area contributed by atoms with Gasteiger partial charge in [0.05, 0.1) is 16.7 Å². The molecule has 58 heavy (non-hydrogen) atoms. The molecule has 0 saturated carbocycles. The summed E-state index contributed by atoms with van der Waals surface area (Å²) >= 11 is 0. The predicted octanol–water partition coefficient (Wildman–Crippen LogP) is 13.8. The Morgan fingerprint density at radius 2 is 0.862 bits per heavy atom. The predicted molar refractivity (Wildman–Crippen MR) is 238 cm³/mol. The lowest BCUT2D eigenvalue weighted by atomic mass is 9.97. The molecule has 0 aliphatic rings. The van der Waals surface area contributed by atoms with Gasteiger partial charge in [-0.15, -0.1) is 0 Å². The van der Waals surface area contributed by atoms with E-state index in [0.717, 1.165) is 66.5 Å². The van der Waals surface area contributed by atoms with Crippen LogP contribution in [0, 0.1) is 0 Å². The van der Waals surface area contributed by atoms with Crippen LogP contribution in [-0.2, 0) is 0 Å². The number of aromatic nitrogens is 4. The van der Waals surface area contributed by atoms with Crippen molar-refractivity contribution in [2.24, 2.45) is 0 Å². The fraction of sp³-hybridized carbons (Fsp3) is 0. The Morgan fingerprint density at radius 1 is 0.362 bits per heavy atom. The number of hydrogen-bond donors (Lipinski definition) is 0. The first-order valence-corrected chi connectivity index (χ1v) is 19.5. The highest BCUT2D eigenvalue weighted by Gasteiger charge is 2.23. The van der Waals surface area contributed by atoms with Crippen molar-refractivity contribution < 1.29 is 4.42 Å². The van der Waals surface area contributed by atoms with Gasteiger partial charge in [0.15, 0.2) is 23.1 Å². The topological polar surface area (TPSA) is 56.7 Å². The molecule has 0 radical (unpaired) electrons. The van der Waals surface area contributed by atoms with Gasteiger partial charge in [-0.25, -0.2) is 15.0 Å². The van der Waals surface area contributed by atoms with Gasteiger partial charge < -0.3 is 8.98 Å². The monoisotopic (exact) mass is 740 g/mol. The molecule has 12 rings (SSSR count). The Labute approximate surface area is 333 Å². The highest BCUT2D eigenvalue weighted by Crippen LogP contribution is 2.45. The minimum absolute atomic E-state index is 0.615. The lowest BCUT2D eigenvalue weighted by Gasteiger charge is -2.13. The van der Waals surface area contributed by atoms with Crippen LogP contribution in [0.25, 0.3) is 116 Å². The van der Waals surface area contributed by atoms with E-state index in [1.54, 1.807) is 0 Å². The van der Waals surface area contributed by atoms with Crippen molar-refractivity contribution in [3.8, 4) is 51.0 Å². The van der Waals surface area contributed by atoms with Crippen LogP contribution in [0.5, 0.6) is 0 Å². The van der Waals surface area contributed by atoms with E-state index in [-0.39, 0.29) is 0 Å². The summed E-state index contributed by atoms with van der Waals surface area (Å²) in [5.41, 5.74) is 9.85. The molecule has 0 fully saturated rings. The van der Waals surface area contributed by atoms with Crippen molar-refractivity contribution in [2.75, 3.05) is 0 Å². The molecule has 12 aromatic rings. The fourth-order valence-electron chi connectivity index (χ4n) is 8.80. The molecular formula is C53H32N4O. The van der Waals surface area contributed by atoms with E-state index in [1.807, 2.05) is 66.7 Å². The van der Waals surface area contributed by atoms with E-state index >= 15 is 0 Å². The van der Waals surface area contributed by atoms with E-state index in [2.05, 4.69) is 132 Å². The first kappa shape index (κ1) is 32.4. The number of nitrogens with zero attached hydrogens (tertiary/aromatic N) is 4. The van der Waals surface area contributed by atoms with Gasteiger partial charge in [0, 0.05) is 38.2 Å². The average molecular weight is 741 g/mol. The van der Waals surface area contributed by atoms with Crippen molar-refractivity contribution in [1.29, 1.82) is 0 Å². The molecule has 5 heteroatoms. The second-order valence-electron chi connectivity index (χ2n) is 14.8. The molecule has 270 valence electrons. The van der Waals surface area contributed by atoms with Gasteiger partial charge in [-0.1, -0.05) is 164 Å². The molecule has 0 aliphatic carbocycles. The van der Waals surface area contributed by atoms with Gasteiger partial charge in [0.2, 0.25) is 0 Å². The van der Waals surface area contributed by atoms with Gasteiger partial charge >= 0.3 is 0 Å². The lowest BCUT2D eigenvalue weighted by molar-refractivity contribution is 0.666. The number of fused-ring (bicyclic) bond motifs is 10. The normalized spacial score (nSPS) is 11.8. The van der Waals surface area contributed by atoms with Crippen molar-refractivity contribution in [3.63, 3.8) is 0 Å². The van der Waals surface area contributed by atoms with Crippen molar-refractivity contribution in [3.05, 3.63) is 194 Å². The van der Waals surface area contributed by atoms with E-state index in [1.165, 1.54) is 32.3 Å². The van der Waals surface area contributed by atoms with Crippen LogP contribution in [-0.4, -0.2) is 19.5 Å². The molecule has 5 nitrogen and oxygen atoms in total. The maximum Gasteiger partial charge on any atom is 0.164 e. The van der Waals surface area contributed by atoms with Gasteiger partial charge in [-0.05, 0) is 63.0 Å². The summed E-state index contributed by atoms with van der Waals surface area (Å²) in [5.74, 6) is 1.88. The third-order valence-electron chi connectivity index (χ3n) is 11.4. The Bertz CT molecular complexity index is 3420. The second kappa shape index (κ2) is 12.8. The summed E-state index contributed by atoms with van der Waals surface area (Å²) in [5, 5.41) is 9.52. The molecule has 3 aromatic heterocycles. The second-order valence-corrected chi connectivity index (χ2v) is 14.8. The molecular weight excluding hydrogens is 709 g/mol. The molecule has 3 heterocycles. The van der Waals surface area contributed by atoms with Crippen LogP contribution >= 0.6 is 0 Å². The van der Waals surface area contributed by atoms with Crippen molar-refractivity contribution >= 4 is 65.3 Å². The molecule has 0 bridgehead atoms. The summed E-state index contributed by atoms with van der Waals surface area (Å²) in [6.07, 6.45) is 0. The smallest absolute Gasteiger partial charge is 0.164 e. The first-order chi connectivity index (χ1) is 28.8. The highest BCUT2D eigenvalue weighted by atomic mass is 16.3. The van der Waals surface area contributed by atoms with Crippen LogP contribution < -0.4 is 0 Å². The van der Waals surface area contributed by atoms with Crippen LogP contribution in [0.2, 0.25) is 0 Å². The van der Waals surface area contributed by atoms with Crippen molar-refractivity contribution in [1.82, 2.24) is 19.5 Å². The number of hydrogen-bond acceptors (Lipinski definition) is 4. The number of furan rings is 1. The summed E-state index contributed by atoms with van der Waals surface area (Å²) in [6, 6.07) is 67.9. The third-order valence-corrected chi connectivity index (χ3v) is 11.4. The number of benzene rings is 9. The van der Waals surface area contributed by atoms with Crippen molar-refractivity contribution in [2.45, 2.75) is 0 Å². The maximum absolute atomic E-state index is 6.93. The summed E-state index contributed by atoms with van der Waals surface area (Å²) in [7, 11) is 0. The van der Waals surface area contributed by atoms with Crippen LogP contribution in [0.4, 0.5) is 0 Å². The summed E-state index contributed by atoms with van der Waals surface area (Å²) in [4.78, 5) is 15.0. The number of para-hydroxylation sites is 1. The number of rotatable bonds is 5. The fourth-order valence-corrected chi connectivity index (χ4v) is 8.80. The largest absolute Gasteiger partial charge is 0.454 e. The first-order valence-electron chi connectivity index (χ1n) is 19.5. The third kappa shape index (κ3) is 5.00. The molecule has 0 unspecified atom stereocenters. The van der Waals surface area contributed by atoms with Gasteiger partial charge in [0.1, 0.15) is 5.58 Å². The maximum atomic E-state index is 6.93. The van der Waals surface area contributed by atoms with Crippen LogP contribution in [0.3, 0.4) is 0 Å². The standard InChI is InChI=1S/C53H32N4O/c1-3-16-35(17-4-1)51-54-52(36-18-5-2-6-19-36)56-53(55-51)38-21-13-20-37(32-38)41-28-31-45(50-47(41)42-24-11-12-25-46(42)58-50)57-43-29-26-33-14-7-9-22-39(33)48(43)49-40-23-10-8-15-34(40)27-30-44(49)57/h1-32H. The van der Waals surface area contributed by atoms with Crippen LogP contribution in [0.15, 0.2) is 199 Å². The molecule has 0 saturated heterocycles. The molecule has 0 N–H and O–H groups in total. The summed E-state index contributed by atoms with van der Waals surface area (Å²) < 4.78 is 9.33. The van der Waals surface area contributed by atoms with E-state index in [9.17, 15) is 0 Å². The molecule has 0 amide bonds. The minimum Gasteiger partial charge on any atom is -0.454 e. The van der Waals surface area contributed by atoms with E-state index in [4.69, 9.17) is 19.4 Å². The zero-order valence-electron chi connectivity index (χ0n) is 31.2. The highest BCUT2D eigenvalue weighted by molar-refractivity contribution is 6.29. The molecule has 0 atom stereocenters. The Hall–Kier alpha value is -7.89. The summed E-state index contributed by atoms with van der Waals surface area (Å²) in [6.45, 7) is 0. The van der Waals surface area contributed by atoms with E-state index < -0.39 is 0 Å². The molecule has 0 spiro atoms. The quantitative estimate of drug-likeness (QED) is 0.176. The van der Waals surface area contributed by atoms with Gasteiger partial charge in [0.25, 0.3) is 0 Å². The Kier molecular flexibility index (Phi) is 7.16. The Balaban J connectivity index is 1.10. The molecule has 0 aliphatic heterocycles. The lowest BCUT2D eigenvalue weighted by Crippen LogP contribution is -2.00. The van der Waals surface area contributed by atoms with Gasteiger partial charge in [-0.2, -0.15) is 0 Å². The zero-order valence-corrected chi connectivity index (χ0v) is 31.2. The van der Waals surface area contributed by atoms with Gasteiger partial charge in [-0.3, -0.25) is 0 Å². The average Bonchev–Trinajstić information content (AvgIpc) is 3.86. The zero-order chi connectivity index (χ0) is 38.2. The van der Waals surface area contributed by atoms with E-state index in [0.29, 0.717) is 17.5 Å². The SMILES string of the molecule is c1ccc(-c2nc(-c3ccccc3)nc(-c3cccc(-c4ccc(-n5c6ccc7ccccc7c6c6c7ccccc7ccc65)c5oc6ccccc6c45)c3)n2)cc1. The minimum atomic E-state index is 0.615. The van der Waals surface area contributed by atoms with Crippen LogP contribution in [0.1, 0.15) is 0 Å². The Morgan fingerprint density at radius 3 is 1.48 bits per heavy atom.